The molecule has 0 bridgehead atoms. The summed E-state index contributed by atoms with van der Waals surface area (Å²) in [4.78, 5) is 10.5. The topological polar surface area (TPSA) is 67.5 Å². The van der Waals surface area contributed by atoms with E-state index in [1.54, 1.807) is 0 Å². The molecule has 0 heterocycles. The number of aryl methyl sites for hydroxylation is 1. The van der Waals surface area contributed by atoms with Crippen molar-refractivity contribution < 1.29 is 4.79 Å². The summed E-state index contributed by atoms with van der Waals surface area (Å²) < 4.78 is 0. The third kappa shape index (κ3) is 2.34. The molecule has 0 atom stereocenters. The first-order chi connectivity index (χ1) is 7.25. The largest absolute Gasteiger partial charge is 0.350 e. The second-order valence-electron chi connectivity index (χ2n) is 3.60. The number of hydrogen-bond donors (Lipinski definition) is 2. The summed E-state index contributed by atoms with van der Waals surface area (Å²) in [5.74, 6) is 0. The second kappa shape index (κ2) is 4.13. The highest BCUT2D eigenvalue weighted by molar-refractivity contribution is 5.89. The van der Waals surface area contributed by atoms with Gasteiger partial charge in [0.15, 0.2) is 0 Å². The van der Waals surface area contributed by atoms with Gasteiger partial charge in [0.1, 0.15) is 0 Å². The highest BCUT2D eigenvalue weighted by Gasteiger charge is 2.13. The Morgan fingerprint density at radius 2 is 2.00 bits per heavy atom. The molecule has 4 nitrogen and oxygen atoms in total. The molecule has 0 unspecified atom stereocenters. The molecule has 2 amide bonds. The maximum atomic E-state index is 10.5. The first-order valence-electron chi connectivity index (χ1n) is 4.93. The fraction of sp³-hybridized carbons (Fsp3) is 0.273. The molecule has 1 aromatic rings. The summed E-state index contributed by atoms with van der Waals surface area (Å²) in [7, 11) is 0. The number of rotatable bonds is 1. The van der Waals surface area contributed by atoms with E-state index in [4.69, 9.17) is 5.73 Å². The van der Waals surface area contributed by atoms with Crippen molar-refractivity contribution in [3.63, 3.8) is 0 Å². The van der Waals surface area contributed by atoms with Crippen LogP contribution in [0.5, 0.6) is 0 Å². The molecule has 0 spiro atoms. The third-order valence-electron chi connectivity index (χ3n) is 2.52. The molecular formula is C11H13N3O. The summed E-state index contributed by atoms with van der Waals surface area (Å²) in [6.07, 6.45) is 2.67. The number of amides is 2. The number of nitrogens with two attached hydrogens (primary N) is 1. The molecule has 0 saturated heterocycles. The first-order valence-corrected chi connectivity index (χ1v) is 4.93. The minimum Gasteiger partial charge on any atom is -0.350 e. The number of carbonyl (C=O) groups excluding carboxylic acids is 1. The van der Waals surface area contributed by atoms with Gasteiger partial charge in [-0.25, -0.2) is 10.2 Å². The predicted octanol–water partition coefficient (Wildman–Crippen LogP) is 1.20. The van der Waals surface area contributed by atoms with Gasteiger partial charge in [0.25, 0.3) is 0 Å². The smallest absolute Gasteiger partial charge is 0.332 e. The van der Waals surface area contributed by atoms with Crippen molar-refractivity contribution in [1.82, 2.24) is 5.43 Å². The standard InChI is InChI=1S/C11H13N3O/c12-11(15)14-13-10-6-5-8-3-1-2-4-9(8)7-10/h1-4H,5-7H2,(H3,12,14,15)/b13-10-. The van der Waals surface area contributed by atoms with Crippen LogP contribution < -0.4 is 11.2 Å². The van der Waals surface area contributed by atoms with Crippen molar-refractivity contribution in [2.45, 2.75) is 19.3 Å². The van der Waals surface area contributed by atoms with Gasteiger partial charge >= 0.3 is 6.03 Å². The van der Waals surface area contributed by atoms with Gasteiger partial charge in [0.05, 0.1) is 0 Å². The van der Waals surface area contributed by atoms with E-state index in [0.717, 1.165) is 25.0 Å². The zero-order valence-corrected chi connectivity index (χ0v) is 8.36. The number of hydrazone groups is 1. The van der Waals surface area contributed by atoms with E-state index < -0.39 is 6.03 Å². The van der Waals surface area contributed by atoms with Crippen molar-refractivity contribution in [3.8, 4) is 0 Å². The lowest BCUT2D eigenvalue weighted by Gasteiger charge is -2.16. The Balaban J connectivity index is 2.12. The number of benzene rings is 1. The lowest BCUT2D eigenvalue weighted by atomic mass is 9.90. The van der Waals surface area contributed by atoms with Gasteiger partial charge in [-0.1, -0.05) is 24.3 Å². The summed E-state index contributed by atoms with van der Waals surface area (Å²) in [5, 5.41) is 3.97. The molecule has 0 aromatic heterocycles. The first kappa shape index (κ1) is 9.71. The van der Waals surface area contributed by atoms with Crippen molar-refractivity contribution >= 4 is 11.7 Å². The Kier molecular flexibility index (Phi) is 2.67. The lowest BCUT2D eigenvalue weighted by Crippen LogP contribution is -2.27. The van der Waals surface area contributed by atoms with Crippen LogP contribution in [0.3, 0.4) is 0 Å². The minimum atomic E-state index is -0.610. The Bertz CT molecular complexity index is 412. The number of urea groups is 1. The average molecular weight is 203 g/mol. The molecule has 4 heteroatoms. The molecule has 0 aliphatic heterocycles. The Morgan fingerprint density at radius 3 is 2.73 bits per heavy atom. The third-order valence-corrected chi connectivity index (χ3v) is 2.52. The summed E-state index contributed by atoms with van der Waals surface area (Å²) in [5.41, 5.74) is 10.9. The molecule has 1 aliphatic carbocycles. The van der Waals surface area contributed by atoms with Crippen LogP contribution in [-0.4, -0.2) is 11.7 Å². The summed E-state index contributed by atoms with van der Waals surface area (Å²) in [6, 6.07) is 7.68. The molecule has 2 rings (SSSR count). The van der Waals surface area contributed by atoms with Crippen LogP contribution in [0.15, 0.2) is 29.4 Å². The average Bonchev–Trinajstić information content (AvgIpc) is 2.26. The van der Waals surface area contributed by atoms with Crippen molar-refractivity contribution in [2.24, 2.45) is 10.8 Å². The minimum absolute atomic E-state index is 0.610. The number of primary amides is 1. The van der Waals surface area contributed by atoms with Crippen LogP contribution in [0, 0.1) is 0 Å². The molecule has 1 aliphatic rings. The van der Waals surface area contributed by atoms with E-state index in [2.05, 4.69) is 22.7 Å². The van der Waals surface area contributed by atoms with Crippen LogP contribution in [0.25, 0.3) is 0 Å². The van der Waals surface area contributed by atoms with E-state index in [9.17, 15) is 4.79 Å². The zero-order valence-electron chi connectivity index (χ0n) is 8.36. The van der Waals surface area contributed by atoms with Crippen LogP contribution >= 0.6 is 0 Å². The lowest BCUT2D eigenvalue weighted by molar-refractivity contribution is 0.249. The van der Waals surface area contributed by atoms with Gasteiger partial charge in [-0.2, -0.15) is 5.10 Å². The molecule has 0 fully saturated rings. The van der Waals surface area contributed by atoms with Gasteiger partial charge in [0, 0.05) is 12.1 Å². The molecule has 1 aromatic carbocycles. The highest BCUT2D eigenvalue weighted by atomic mass is 16.2. The van der Waals surface area contributed by atoms with Crippen LogP contribution in [0.1, 0.15) is 17.5 Å². The van der Waals surface area contributed by atoms with E-state index in [0.29, 0.717) is 0 Å². The van der Waals surface area contributed by atoms with Crippen molar-refractivity contribution in [3.05, 3.63) is 35.4 Å². The van der Waals surface area contributed by atoms with E-state index in [-0.39, 0.29) is 0 Å². The Morgan fingerprint density at radius 1 is 1.27 bits per heavy atom. The summed E-state index contributed by atoms with van der Waals surface area (Å²) in [6.45, 7) is 0. The zero-order chi connectivity index (χ0) is 10.7. The molecule has 0 saturated carbocycles. The molecule has 15 heavy (non-hydrogen) atoms. The predicted molar refractivity (Wildman–Crippen MR) is 58.6 cm³/mol. The van der Waals surface area contributed by atoms with Gasteiger partial charge in [-0.3, -0.25) is 0 Å². The quantitative estimate of drug-likeness (QED) is 0.662. The highest BCUT2D eigenvalue weighted by Crippen LogP contribution is 2.18. The van der Waals surface area contributed by atoms with E-state index in [1.165, 1.54) is 11.1 Å². The molecule has 0 radical (unpaired) electrons. The number of carbonyl (C=O) groups is 1. The van der Waals surface area contributed by atoms with Gasteiger partial charge in [0.2, 0.25) is 0 Å². The number of nitrogens with zero attached hydrogens (tertiary/aromatic N) is 1. The molecule has 78 valence electrons. The van der Waals surface area contributed by atoms with E-state index in [1.807, 2.05) is 12.1 Å². The fourth-order valence-electron chi connectivity index (χ4n) is 1.79. The molecule has 3 N–H and O–H groups in total. The van der Waals surface area contributed by atoms with E-state index >= 15 is 0 Å². The van der Waals surface area contributed by atoms with Gasteiger partial charge in [-0.05, 0) is 24.0 Å². The second-order valence-corrected chi connectivity index (χ2v) is 3.60. The van der Waals surface area contributed by atoms with Gasteiger partial charge in [-0.15, -0.1) is 0 Å². The normalized spacial score (nSPS) is 17.2. The van der Waals surface area contributed by atoms with Gasteiger partial charge < -0.3 is 5.73 Å². The maximum Gasteiger partial charge on any atom is 0.332 e. The monoisotopic (exact) mass is 203 g/mol. The molecular weight excluding hydrogens is 190 g/mol. The number of nitrogens with one attached hydrogen (secondary N) is 1. The van der Waals surface area contributed by atoms with Crippen LogP contribution in [-0.2, 0) is 12.8 Å². The fourth-order valence-corrected chi connectivity index (χ4v) is 1.79. The van der Waals surface area contributed by atoms with Crippen LogP contribution in [0.4, 0.5) is 4.79 Å². The number of hydrogen-bond acceptors (Lipinski definition) is 2. The summed E-state index contributed by atoms with van der Waals surface area (Å²) >= 11 is 0. The van der Waals surface area contributed by atoms with Crippen molar-refractivity contribution in [2.75, 3.05) is 0 Å². The van der Waals surface area contributed by atoms with Crippen LogP contribution in [0.2, 0.25) is 0 Å². The van der Waals surface area contributed by atoms with Crippen molar-refractivity contribution in [1.29, 1.82) is 0 Å². The Labute approximate surface area is 88.2 Å². The maximum absolute atomic E-state index is 10.5. The number of fused-ring (bicyclic) bond motifs is 1. The SMILES string of the molecule is NC(=O)N/N=C1/CCc2ccccc2C1. The Hall–Kier alpha value is -1.84.